The number of rotatable bonds is 10. The fourth-order valence-electron chi connectivity index (χ4n) is 2.75. The quantitative estimate of drug-likeness (QED) is 0.381. The molecule has 7 nitrogen and oxygen atoms in total. The average molecular weight is 374 g/mol. The molecule has 0 bridgehead atoms. The van der Waals surface area contributed by atoms with Gasteiger partial charge in [0.2, 0.25) is 0 Å². The van der Waals surface area contributed by atoms with Crippen LogP contribution >= 0.6 is 0 Å². The third-order valence-corrected chi connectivity index (χ3v) is 4.25. The van der Waals surface area contributed by atoms with Crippen molar-refractivity contribution in [2.24, 2.45) is 4.99 Å². The number of aryl methyl sites for hydroxylation is 2. The topological polar surface area (TPSA) is 72.7 Å². The van der Waals surface area contributed by atoms with Crippen LogP contribution in [0.25, 0.3) is 0 Å². The third kappa shape index (κ3) is 6.51. The van der Waals surface area contributed by atoms with Crippen molar-refractivity contribution in [3.8, 4) is 11.5 Å². The summed E-state index contributed by atoms with van der Waals surface area (Å²) in [6.45, 7) is 7.37. The van der Waals surface area contributed by atoms with Crippen LogP contribution in [0.4, 0.5) is 0 Å². The number of methoxy groups -OCH3 is 2. The smallest absolute Gasteiger partial charge is 0.191 e. The minimum atomic E-state index is 0.573. The van der Waals surface area contributed by atoms with Gasteiger partial charge in [0.25, 0.3) is 0 Å². The van der Waals surface area contributed by atoms with Crippen LogP contribution < -0.4 is 20.1 Å². The predicted molar refractivity (Wildman–Crippen MR) is 109 cm³/mol. The van der Waals surface area contributed by atoms with Crippen molar-refractivity contribution < 1.29 is 9.47 Å². The van der Waals surface area contributed by atoms with Crippen LogP contribution in [0.1, 0.15) is 31.2 Å². The van der Waals surface area contributed by atoms with Gasteiger partial charge in [0, 0.05) is 32.0 Å². The number of ether oxygens (including phenoxy) is 2. The normalized spacial score (nSPS) is 11.3. The lowest BCUT2D eigenvalue weighted by atomic mass is 10.2. The summed E-state index contributed by atoms with van der Waals surface area (Å²) in [5.74, 6) is 3.33. The molecule has 0 aliphatic rings. The molecule has 7 heteroatoms. The highest BCUT2D eigenvalue weighted by Gasteiger charge is 2.05. The van der Waals surface area contributed by atoms with E-state index in [9.17, 15) is 0 Å². The molecule has 1 aromatic heterocycles. The fraction of sp³-hybridized carbons (Fsp3) is 0.500. The number of aromatic nitrogens is 2. The Balaban J connectivity index is 1.82. The molecule has 0 fully saturated rings. The van der Waals surface area contributed by atoms with E-state index in [4.69, 9.17) is 9.47 Å². The Morgan fingerprint density at radius 3 is 2.63 bits per heavy atom. The van der Waals surface area contributed by atoms with E-state index in [-0.39, 0.29) is 0 Å². The van der Waals surface area contributed by atoms with Crippen molar-refractivity contribution in [2.75, 3.05) is 27.3 Å². The average Bonchev–Trinajstić information content (AvgIpc) is 3.10. The first-order valence-corrected chi connectivity index (χ1v) is 9.38. The highest BCUT2D eigenvalue weighted by atomic mass is 16.5. The van der Waals surface area contributed by atoms with E-state index < -0.39 is 0 Å². The number of imidazole rings is 1. The standard InChI is InChI=1S/C20H31N5O2/c1-5-21-20(23-10-6-7-12-25-13-11-22-16(25)2)24-15-17-8-9-18(26-3)19(14-17)27-4/h8-9,11,13-14H,5-7,10,12,15H2,1-4H3,(H2,21,23,24). The van der Waals surface area contributed by atoms with E-state index in [1.54, 1.807) is 14.2 Å². The number of nitrogens with zero attached hydrogens (tertiary/aromatic N) is 3. The summed E-state index contributed by atoms with van der Waals surface area (Å²) >= 11 is 0. The minimum Gasteiger partial charge on any atom is -0.493 e. The SMILES string of the molecule is CCNC(=NCc1ccc(OC)c(OC)c1)NCCCCn1ccnc1C. The lowest BCUT2D eigenvalue weighted by Gasteiger charge is -2.12. The fourth-order valence-corrected chi connectivity index (χ4v) is 2.75. The summed E-state index contributed by atoms with van der Waals surface area (Å²) in [6, 6.07) is 5.86. The summed E-state index contributed by atoms with van der Waals surface area (Å²) in [4.78, 5) is 8.90. The second kappa shape index (κ2) is 11.1. The molecular formula is C20H31N5O2. The van der Waals surface area contributed by atoms with Crippen LogP contribution in [-0.4, -0.2) is 42.8 Å². The zero-order valence-electron chi connectivity index (χ0n) is 16.8. The summed E-state index contributed by atoms with van der Waals surface area (Å²) in [5, 5.41) is 6.68. The number of unbranched alkanes of at least 4 members (excludes halogenated alkanes) is 1. The largest absolute Gasteiger partial charge is 0.493 e. The van der Waals surface area contributed by atoms with E-state index >= 15 is 0 Å². The summed E-state index contributed by atoms with van der Waals surface area (Å²) < 4.78 is 12.8. The number of benzene rings is 1. The maximum absolute atomic E-state index is 5.35. The Hall–Kier alpha value is -2.70. The van der Waals surface area contributed by atoms with Crippen LogP contribution in [0.2, 0.25) is 0 Å². The molecule has 0 atom stereocenters. The van der Waals surface area contributed by atoms with Gasteiger partial charge in [-0.3, -0.25) is 0 Å². The summed E-state index contributed by atoms with van der Waals surface area (Å²) in [6.07, 6.45) is 6.03. The zero-order chi connectivity index (χ0) is 19.5. The van der Waals surface area contributed by atoms with E-state index in [0.717, 1.165) is 61.3 Å². The van der Waals surface area contributed by atoms with E-state index in [0.29, 0.717) is 6.54 Å². The monoisotopic (exact) mass is 373 g/mol. The number of aliphatic imine (C=N–C) groups is 1. The number of nitrogens with one attached hydrogen (secondary N) is 2. The molecule has 0 saturated carbocycles. The Kier molecular flexibility index (Phi) is 8.48. The van der Waals surface area contributed by atoms with Crippen molar-refractivity contribution >= 4 is 5.96 Å². The molecule has 2 aromatic rings. The molecule has 0 amide bonds. The Bertz CT molecular complexity index is 727. The molecule has 0 aliphatic carbocycles. The van der Waals surface area contributed by atoms with E-state index in [1.165, 1.54) is 0 Å². The molecule has 148 valence electrons. The summed E-state index contributed by atoms with van der Waals surface area (Å²) in [7, 11) is 3.28. The van der Waals surface area contributed by atoms with E-state index in [2.05, 4.69) is 32.1 Å². The van der Waals surface area contributed by atoms with Gasteiger partial charge in [-0.15, -0.1) is 0 Å². The molecule has 0 aliphatic heterocycles. The number of hydrogen-bond donors (Lipinski definition) is 2. The Morgan fingerprint density at radius 2 is 1.96 bits per heavy atom. The number of hydrogen-bond acceptors (Lipinski definition) is 4. The van der Waals surface area contributed by atoms with Gasteiger partial charge in [-0.25, -0.2) is 9.98 Å². The van der Waals surface area contributed by atoms with Crippen molar-refractivity contribution in [1.29, 1.82) is 0 Å². The Morgan fingerprint density at radius 1 is 1.15 bits per heavy atom. The van der Waals surface area contributed by atoms with Crippen LogP contribution in [0.3, 0.4) is 0 Å². The predicted octanol–water partition coefficient (Wildman–Crippen LogP) is 2.74. The van der Waals surface area contributed by atoms with Crippen molar-refractivity contribution in [3.05, 3.63) is 42.0 Å². The van der Waals surface area contributed by atoms with Gasteiger partial charge in [0.1, 0.15) is 5.82 Å². The minimum absolute atomic E-state index is 0.573. The van der Waals surface area contributed by atoms with E-state index in [1.807, 2.05) is 37.5 Å². The Labute approximate surface area is 161 Å². The second-order valence-electron chi connectivity index (χ2n) is 6.19. The number of guanidine groups is 1. The van der Waals surface area contributed by atoms with Crippen LogP contribution in [0.5, 0.6) is 11.5 Å². The van der Waals surface area contributed by atoms with Crippen molar-refractivity contribution in [1.82, 2.24) is 20.2 Å². The van der Waals surface area contributed by atoms with Crippen molar-refractivity contribution in [3.63, 3.8) is 0 Å². The highest BCUT2D eigenvalue weighted by Crippen LogP contribution is 2.27. The molecule has 0 radical (unpaired) electrons. The highest BCUT2D eigenvalue weighted by molar-refractivity contribution is 5.79. The van der Waals surface area contributed by atoms with Gasteiger partial charge < -0.3 is 24.7 Å². The first-order chi connectivity index (χ1) is 13.2. The van der Waals surface area contributed by atoms with Crippen LogP contribution in [0, 0.1) is 6.92 Å². The molecule has 27 heavy (non-hydrogen) atoms. The van der Waals surface area contributed by atoms with Gasteiger partial charge in [-0.2, -0.15) is 0 Å². The maximum atomic E-state index is 5.35. The third-order valence-electron chi connectivity index (χ3n) is 4.25. The molecular weight excluding hydrogens is 342 g/mol. The zero-order valence-corrected chi connectivity index (χ0v) is 16.8. The molecule has 0 spiro atoms. The molecule has 1 heterocycles. The van der Waals surface area contributed by atoms with Crippen LogP contribution in [0.15, 0.2) is 35.6 Å². The molecule has 2 rings (SSSR count). The lowest BCUT2D eigenvalue weighted by molar-refractivity contribution is 0.354. The van der Waals surface area contributed by atoms with Crippen LogP contribution in [-0.2, 0) is 13.1 Å². The lowest BCUT2D eigenvalue weighted by Crippen LogP contribution is -2.37. The second-order valence-corrected chi connectivity index (χ2v) is 6.19. The molecule has 0 saturated heterocycles. The summed E-state index contributed by atoms with van der Waals surface area (Å²) in [5.41, 5.74) is 1.07. The molecule has 1 aromatic carbocycles. The first kappa shape index (κ1) is 20.6. The van der Waals surface area contributed by atoms with Gasteiger partial charge in [-0.1, -0.05) is 6.07 Å². The van der Waals surface area contributed by atoms with Crippen molar-refractivity contribution in [2.45, 2.75) is 39.8 Å². The van der Waals surface area contributed by atoms with Gasteiger partial charge in [0.05, 0.1) is 20.8 Å². The van der Waals surface area contributed by atoms with Gasteiger partial charge >= 0.3 is 0 Å². The molecule has 0 unspecified atom stereocenters. The maximum Gasteiger partial charge on any atom is 0.191 e. The van der Waals surface area contributed by atoms with Gasteiger partial charge in [-0.05, 0) is 44.4 Å². The first-order valence-electron chi connectivity index (χ1n) is 9.38. The molecule has 2 N–H and O–H groups in total. The van der Waals surface area contributed by atoms with Gasteiger partial charge in [0.15, 0.2) is 17.5 Å².